The Balaban J connectivity index is 1.84. The highest BCUT2D eigenvalue weighted by molar-refractivity contribution is 5.81. The van der Waals surface area contributed by atoms with Crippen molar-refractivity contribution in [2.45, 2.75) is 77.2 Å². The molecule has 0 spiro atoms. The zero-order chi connectivity index (χ0) is 15.1. The van der Waals surface area contributed by atoms with E-state index in [0.29, 0.717) is 17.3 Å². The van der Waals surface area contributed by atoms with E-state index in [1.54, 1.807) is 0 Å². The summed E-state index contributed by atoms with van der Waals surface area (Å²) in [5.74, 6) is 1.86. The van der Waals surface area contributed by atoms with Crippen molar-refractivity contribution in [3.63, 3.8) is 0 Å². The molecule has 4 bridgehead atoms. The largest absolute Gasteiger partial charge is 0.455 e. The monoisotopic (exact) mass is 290 g/mol. The van der Waals surface area contributed by atoms with Gasteiger partial charge in [0.2, 0.25) is 0 Å². The molecule has 2 unspecified atom stereocenters. The van der Waals surface area contributed by atoms with Crippen LogP contribution in [0.15, 0.2) is 12.7 Å². The van der Waals surface area contributed by atoms with Crippen molar-refractivity contribution in [3.05, 3.63) is 12.7 Å². The highest BCUT2D eigenvalue weighted by Gasteiger charge is 2.62. The Morgan fingerprint density at radius 3 is 2.43 bits per heavy atom. The summed E-state index contributed by atoms with van der Waals surface area (Å²) in [7, 11) is 0. The molecule has 4 saturated carbocycles. The van der Waals surface area contributed by atoms with Crippen LogP contribution in [0, 0.1) is 23.2 Å². The summed E-state index contributed by atoms with van der Waals surface area (Å²) in [5, 5.41) is 0. The lowest BCUT2D eigenvalue weighted by Gasteiger charge is -2.64. The Morgan fingerprint density at radius 1 is 1.24 bits per heavy atom. The van der Waals surface area contributed by atoms with Crippen LogP contribution in [0.5, 0.6) is 0 Å². The first kappa shape index (κ1) is 15.1. The fourth-order valence-electron chi connectivity index (χ4n) is 5.95. The van der Waals surface area contributed by atoms with E-state index in [1.807, 2.05) is 0 Å². The molecule has 0 aromatic heterocycles. The quantitative estimate of drug-likeness (QED) is 0.396. The highest BCUT2D eigenvalue weighted by atomic mass is 16.6. The Hall–Kier alpha value is -0.790. The van der Waals surface area contributed by atoms with Crippen molar-refractivity contribution in [2.24, 2.45) is 23.2 Å². The fraction of sp³-hybridized carbons (Fsp3) is 0.842. The molecule has 0 aliphatic heterocycles. The van der Waals surface area contributed by atoms with E-state index in [0.717, 1.165) is 12.3 Å². The highest BCUT2D eigenvalue weighted by Crippen LogP contribution is 2.65. The van der Waals surface area contributed by atoms with Gasteiger partial charge in [0, 0.05) is 6.08 Å². The molecular weight excluding hydrogens is 260 g/mol. The van der Waals surface area contributed by atoms with Gasteiger partial charge in [-0.05, 0) is 68.1 Å². The zero-order valence-corrected chi connectivity index (χ0v) is 13.7. The summed E-state index contributed by atoms with van der Waals surface area (Å²) < 4.78 is 6.10. The van der Waals surface area contributed by atoms with Crippen LogP contribution >= 0.6 is 0 Å². The maximum absolute atomic E-state index is 12.0. The third kappa shape index (κ3) is 2.55. The molecule has 0 saturated heterocycles. The number of hydrogen-bond donors (Lipinski definition) is 0. The first-order valence-electron chi connectivity index (χ1n) is 8.87. The van der Waals surface area contributed by atoms with Crippen LogP contribution in [-0.2, 0) is 9.53 Å². The smallest absolute Gasteiger partial charge is 0.330 e. The fourth-order valence-corrected chi connectivity index (χ4v) is 5.95. The zero-order valence-electron chi connectivity index (χ0n) is 13.7. The molecule has 0 aromatic rings. The summed E-state index contributed by atoms with van der Waals surface area (Å²) >= 11 is 0. The molecular formula is C19H30O2. The van der Waals surface area contributed by atoms with E-state index in [9.17, 15) is 4.79 Å². The average molecular weight is 290 g/mol. The first-order chi connectivity index (χ1) is 10.0. The number of hydrogen-bond acceptors (Lipinski definition) is 2. The van der Waals surface area contributed by atoms with Crippen LogP contribution in [0.2, 0.25) is 0 Å². The second-order valence-electron chi connectivity index (χ2n) is 8.19. The number of ether oxygens (including phenoxy) is 1. The van der Waals surface area contributed by atoms with E-state index in [4.69, 9.17) is 4.74 Å². The third-order valence-electron chi connectivity index (χ3n) is 6.51. The van der Waals surface area contributed by atoms with Gasteiger partial charge >= 0.3 is 5.97 Å². The molecule has 4 rings (SSSR count). The molecule has 0 heterocycles. The van der Waals surface area contributed by atoms with Crippen molar-refractivity contribution in [2.75, 3.05) is 0 Å². The topological polar surface area (TPSA) is 26.3 Å². The normalized spacial score (nSPS) is 43.8. The molecule has 0 N–H and O–H groups in total. The van der Waals surface area contributed by atoms with Gasteiger partial charge in [-0.2, -0.15) is 0 Å². The van der Waals surface area contributed by atoms with E-state index >= 15 is 0 Å². The van der Waals surface area contributed by atoms with Crippen molar-refractivity contribution in [1.29, 1.82) is 0 Å². The van der Waals surface area contributed by atoms with Crippen LogP contribution in [0.1, 0.15) is 71.6 Å². The first-order valence-corrected chi connectivity index (χ1v) is 8.87. The maximum atomic E-state index is 12.0. The van der Waals surface area contributed by atoms with E-state index < -0.39 is 0 Å². The Labute approximate surface area is 129 Å². The van der Waals surface area contributed by atoms with E-state index in [-0.39, 0.29) is 11.6 Å². The van der Waals surface area contributed by atoms with Crippen LogP contribution in [0.25, 0.3) is 0 Å². The summed E-state index contributed by atoms with van der Waals surface area (Å²) in [6.45, 7) is 8.31. The van der Waals surface area contributed by atoms with Gasteiger partial charge in [0.1, 0.15) is 5.60 Å². The number of carbonyl (C=O) groups is 1. The molecule has 2 atom stereocenters. The SMILES string of the molecule is C=CC(=O)OC1(CCCCC)C2CC3CC1CC(C)(C3)C2. The van der Waals surface area contributed by atoms with Gasteiger partial charge in [-0.3, -0.25) is 0 Å². The van der Waals surface area contributed by atoms with Crippen LogP contribution in [-0.4, -0.2) is 11.6 Å². The van der Waals surface area contributed by atoms with Gasteiger partial charge < -0.3 is 4.74 Å². The summed E-state index contributed by atoms with van der Waals surface area (Å²) in [5.41, 5.74) is 0.349. The molecule has 0 aromatic carbocycles. The average Bonchev–Trinajstić information content (AvgIpc) is 2.42. The van der Waals surface area contributed by atoms with Crippen molar-refractivity contribution < 1.29 is 9.53 Å². The summed E-state index contributed by atoms with van der Waals surface area (Å²) in [6.07, 6.45) is 12.6. The molecule has 118 valence electrons. The number of carbonyl (C=O) groups excluding carboxylic acids is 1. The Bertz CT molecular complexity index is 409. The lowest BCUT2D eigenvalue weighted by atomic mass is 9.44. The van der Waals surface area contributed by atoms with Gasteiger partial charge in [-0.15, -0.1) is 0 Å². The minimum absolute atomic E-state index is 0.170. The van der Waals surface area contributed by atoms with Crippen LogP contribution in [0.4, 0.5) is 0 Å². The molecule has 0 amide bonds. The predicted octanol–water partition coefficient (Wildman–Crippen LogP) is 4.88. The molecule has 2 heteroatoms. The lowest BCUT2D eigenvalue weighted by Crippen LogP contribution is -2.62. The van der Waals surface area contributed by atoms with Crippen molar-refractivity contribution in [1.82, 2.24) is 0 Å². The number of unbranched alkanes of at least 4 members (excludes halogenated alkanes) is 2. The van der Waals surface area contributed by atoms with Crippen molar-refractivity contribution in [3.8, 4) is 0 Å². The van der Waals surface area contributed by atoms with Gasteiger partial charge in [-0.1, -0.05) is 33.3 Å². The minimum Gasteiger partial charge on any atom is -0.455 e. The molecule has 4 aliphatic carbocycles. The molecule has 21 heavy (non-hydrogen) atoms. The predicted molar refractivity (Wildman–Crippen MR) is 84.8 cm³/mol. The maximum Gasteiger partial charge on any atom is 0.330 e. The standard InChI is InChI=1S/C19H30O2/c1-4-6-7-8-19(21-17(20)5-2)15-9-14-10-16(19)13-18(3,11-14)12-15/h5,14-16H,2,4,6-13H2,1,3H3. The Morgan fingerprint density at radius 2 is 1.90 bits per heavy atom. The van der Waals surface area contributed by atoms with Gasteiger partial charge in [0.05, 0.1) is 0 Å². The molecule has 2 nitrogen and oxygen atoms in total. The minimum atomic E-state index is -0.205. The van der Waals surface area contributed by atoms with E-state index in [1.165, 1.54) is 57.4 Å². The van der Waals surface area contributed by atoms with Crippen LogP contribution in [0.3, 0.4) is 0 Å². The third-order valence-corrected chi connectivity index (χ3v) is 6.51. The van der Waals surface area contributed by atoms with E-state index in [2.05, 4.69) is 20.4 Å². The van der Waals surface area contributed by atoms with Gasteiger partial charge in [-0.25, -0.2) is 4.79 Å². The number of rotatable bonds is 6. The second-order valence-corrected chi connectivity index (χ2v) is 8.19. The lowest BCUT2D eigenvalue weighted by molar-refractivity contribution is -0.222. The van der Waals surface area contributed by atoms with Gasteiger partial charge in [0.25, 0.3) is 0 Å². The molecule has 4 aliphatic rings. The van der Waals surface area contributed by atoms with Crippen molar-refractivity contribution >= 4 is 5.97 Å². The second kappa shape index (κ2) is 5.44. The summed E-state index contributed by atoms with van der Waals surface area (Å²) in [6, 6.07) is 0. The number of esters is 1. The van der Waals surface area contributed by atoms with Gasteiger partial charge in [0.15, 0.2) is 0 Å². The molecule has 0 radical (unpaired) electrons. The Kier molecular flexibility index (Phi) is 3.92. The summed E-state index contributed by atoms with van der Waals surface area (Å²) in [4.78, 5) is 12.0. The molecule has 4 fully saturated rings. The van der Waals surface area contributed by atoms with Crippen LogP contribution < -0.4 is 0 Å².